The zero-order chi connectivity index (χ0) is 10.9. The molecule has 1 saturated heterocycles. The van der Waals surface area contributed by atoms with E-state index in [4.69, 9.17) is 11.6 Å². The zero-order valence-corrected chi connectivity index (χ0v) is 9.74. The van der Waals surface area contributed by atoms with Crippen molar-refractivity contribution in [1.82, 2.24) is 0 Å². The smallest absolute Gasteiger partial charge is 0.142 e. The quantitative estimate of drug-likeness (QED) is 0.866. The van der Waals surface area contributed by atoms with E-state index in [1.54, 1.807) is 17.8 Å². The van der Waals surface area contributed by atoms with Crippen LogP contribution in [0.1, 0.15) is 12.0 Å². The standard InChI is InChI=1S/C11H12ClFOS/c12-9-2-1-8(5-10(9)13)6-11(14)3-4-15-7-11/h1-2,5,14H,3-4,6-7H2. The summed E-state index contributed by atoms with van der Waals surface area (Å²) in [6.07, 6.45) is 1.29. The van der Waals surface area contributed by atoms with Crippen molar-refractivity contribution >= 4 is 23.4 Å². The highest BCUT2D eigenvalue weighted by Gasteiger charge is 2.31. The third-order valence-corrected chi connectivity index (χ3v) is 4.14. The first-order chi connectivity index (χ1) is 7.09. The molecule has 0 bridgehead atoms. The van der Waals surface area contributed by atoms with E-state index < -0.39 is 11.4 Å². The Morgan fingerprint density at radius 1 is 1.53 bits per heavy atom. The number of rotatable bonds is 2. The van der Waals surface area contributed by atoms with Crippen LogP contribution in [-0.2, 0) is 6.42 Å². The van der Waals surface area contributed by atoms with Crippen molar-refractivity contribution in [1.29, 1.82) is 0 Å². The van der Waals surface area contributed by atoms with E-state index in [0.29, 0.717) is 6.42 Å². The molecule has 0 amide bonds. The molecule has 1 N–H and O–H groups in total. The van der Waals surface area contributed by atoms with Crippen LogP contribution >= 0.6 is 23.4 Å². The van der Waals surface area contributed by atoms with E-state index in [1.807, 2.05) is 0 Å². The Morgan fingerprint density at radius 2 is 2.33 bits per heavy atom. The summed E-state index contributed by atoms with van der Waals surface area (Å²) in [4.78, 5) is 0. The second-order valence-corrected chi connectivity index (χ2v) is 5.46. The van der Waals surface area contributed by atoms with E-state index >= 15 is 0 Å². The van der Waals surface area contributed by atoms with Crippen molar-refractivity contribution in [2.24, 2.45) is 0 Å². The Labute approximate surface area is 97.6 Å². The fourth-order valence-corrected chi connectivity index (χ4v) is 3.18. The highest BCUT2D eigenvalue weighted by Crippen LogP contribution is 2.31. The minimum atomic E-state index is -0.662. The molecule has 0 aliphatic carbocycles. The van der Waals surface area contributed by atoms with Gasteiger partial charge in [-0.1, -0.05) is 17.7 Å². The van der Waals surface area contributed by atoms with Crippen molar-refractivity contribution in [2.75, 3.05) is 11.5 Å². The van der Waals surface area contributed by atoms with Gasteiger partial charge in [0.25, 0.3) is 0 Å². The monoisotopic (exact) mass is 246 g/mol. The van der Waals surface area contributed by atoms with Gasteiger partial charge in [0.15, 0.2) is 0 Å². The lowest BCUT2D eigenvalue weighted by atomic mass is 9.94. The average Bonchev–Trinajstić information content (AvgIpc) is 2.59. The van der Waals surface area contributed by atoms with Gasteiger partial charge in [-0.15, -0.1) is 0 Å². The van der Waals surface area contributed by atoms with E-state index in [0.717, 1.165) is 23.5 Å². The largest absolute Gasteiger partial charge is 0.389 e. The van der Waals surface area contributed by atoms with Gasteiger partial charge in [-0.05, 0) is 29.9 Å². The van der Waals surface area contributed by atoms with Gasteiger partial charge in [0, 0.05) is 12.2 Å². The molecule has 1 unspecified atom stereocenters. The molecule has 1 heterocycles. The predicted octanol–water partition coefficient (Wildman–Crippen LogP) is 2.89. The van der Waals surface area contributed by atoms with E-state index in [2.05, 4.69) is 0 Å². The number of aliphatic hydroxyl groups is 1. The Balaban J connectivity index is 2.13. The third-order valence-electron chi connectivity index (χ3n) is 2.60. The molecule has 1 aromatic carbocycles. The lowest BCUT2D eigenvalue weighted by Crippen LogP contribution is -2.30. The van der Waals surface area contributed by atoms with Crippen molar-refractivity contribution in [3.05, 3.63) is 34.6 Å². The van der Waals surface area contributed by atoms with Crippen molar-refractivity contribution in [2.45, 2.75) is 18.4 Å². The van der Waals surface area contributed by atoms with Crippen molar-refractivity contribution in [3.8, 4) is 0 Å². The van der Waals surface area contributed by atoms with Gasteiger partial charge >= 0.3 is 0 Å². The Kier molecular flexibility index (Phi) is 3.24. The van der Waals surface area contributed by atoms with Gasteiger partial charge in [0.05, 0.1) is 10.6 Å². The van der Waals surface area contributed by atoms with Crippen LogP contribution in [-0.4, -0.2) is 22.2 Å². The molecule has 1 aliphatic heterocycles. The summed E-state index contributed by atoms with van der Waals surface area (Å²) in [6, 6.07) is 4.72. The molecule has 1 fully saturated rings. The number of halogens is 2. The van der Waals surface area contributed by atoms with Crippen molar-refractivity contribution < 1.29 is 9.50 Å². The van der Waals surface area contributed by atoms with E-state index in [1.165, 1.54) is 12.1 Å². The lowest BCUT2D eigenvalue weighted by molar-refractivity contribution is 0.0686. The molecule has 1 nitrogen and oxygen atoms in total. The highest BCUT2D eigenvalue weighted by molar-refractivity contribution is 7.99. The van der Waals surface area contributed by atoms with Crippen LogP contribution in [0.3, 0.4) is 0 Å². The van der Waals surface area contributed by atoms with Gasteiger partial charge in [0.1, 0.15) is 5.82 Å². The second-order valence-electron chi connectivity index (χ2n) is 3.95. The topological polar surface area (TPSA) is 20.2 Å². The summed E-state index contributed by atoms with van der Waals surface area (Å²) in [5.41, 5.74) is 0.146. The molecule has 0 radical (unpaired) electrons. The average molecular weight is 247 g/mol. The maximum atomic E-state index is 13.2. The summed E-state index contributed by atoms with van der Waals surface area (Å²) in [7, 11) is 0. The van der Waals surface area contributed by atoms with Gasteiger partial charge in [-0.3, -0.25) is 0 Å². The third kappa shape index (κ3) is 2.65. The summed E-state index contributed by atoms with van der Waals surface area (Å²) in [5, 5.41) is 10.3. The van der Waals surface area contributed by atoms with Crippen LogP contribution in [0.2, 0.25) is 5.02 Å². The van der Waals surface area contributed by atoms with Crippen molar-refractivity contribution in [3.63, 3.8) is 0 Å². The Hall–Kier alpha value is -0.250. The van der Waals surface area contributed by atoms with Gasteiger partial charge in [-0.2, -0.15) is 11.8 Å². The minimum absolute atomic E-state index is 0.131. The molecule has 2 rings (SSSR count). The maximum absolute atomic E-state index is 13.2. The zero-order valence-electron chi connectivity index (χ0n) is 8.17. The highest BCUT2D eigenvalue weighted by atomic mass is 35.5. The molecule has 0 spiro atoms. The van der Waals surface area contributed by atoms with Crippen LogP contribution < -0.4 is 0 Å². The number of thioether (sulfide) groups is 1. The van der Waals surface area contributed by atoms with Gasteiger partial charge in [0.2, 0.25) is 0 Å². The number of benzene rings is 1. The van der Waals surface area contributed by atoms with E-state index in [9.17, 15) is 9.50 Å². The first-order valence-electron chi connectivity index (χ1n) is 4.83. The molecule has 1 aliphatic rings. The molecule has 82 valence electrons. The van der Waals surface area contributed by atoms with Crippen LogP contribution in [0.25, 0.3) is 0 Å². The molecule has 1 aromatic rings. The fourth-order valence-electron chi connectivity index (χ4n) is 1.77. The lowest BCUT2D eigenvalue weighted by Gasteiger charge is -2.21. The Bertz CT molecular complexity index is 364. The summed E-state index contributed by atoms with van der Waals surface area (Å²) < 4.78 is 13.2. The SMILES string of the molecule is OC1(Cc2ccc(Cl)c(F)c2)CCSC1. The molecule has 15 heavy (non-hydrogen) atoms. The van der Waals surface area contributed by atoms with Gasteiger partial charge < -0.3 is 5.11 Å². The Morgan fingerprint density at radius 3 is 2.93 bits per heavy atom. The number of hydrogen-bond acceptors (Lipinski definition) is 2. The number of hydrogen-bond donors (Lipinski definition) is 1. The predicted molar refractivity (Wildman–Crippen MR) is 62.0 cm³/mol. The van der Waals surface area contributed by atoms with Crippen LogP contribution in [0.15, 0.2) is 18.2 Å². The van der Waals surface area contributed by atoms with Gasteiger partial charge in [-0.25, -0.2) is 4.39 Å². The van der Waals surface area contributed by atoms with E-state index in [-0.39, 0.29) is 5.02 Å². The normalized spacial score (nSPS) is 25.8. The summed E-state index contributed by atoms with van der Waals surface area (Å²) in [6.45, 7) is 0. The molecular weight excluding hydrogens is 235 g/mol. The molecule has 0 aromatic heterocycles. The fraction of sp³-hybridized carbons (Fsp3) is 0.455. The summed E-state index contributed by atoms with van der Waals surface area (Å²) >= 11 is 7.33. The molecule has 1 atom stereocenters. The summed E-state index contributed by atoms with van der Waals surface area (Å²) in [5.74, 6) is 1.30. The maximum Gasteiger partial charge on any atom is 0.142 e. The molecule has 4 heteroatoms. The van der Waals surface area contributed by atoms with Crippen LogP contribution in [0, 0.1) is 5.82 Å². The first-order valence-corrected chi connectivity index (χ1v) is 6.36. The first kappa shape index (κ1) is 11.2. The molecular formula is C11H12ClFOS. The van der Waals surface area contributed by atoms with Crippen LogP contribution in [0.5, 0.6) is 0 Å². The minimum Gasteiger partial charge on any atom is -0.389 e. The van der Waals surface area contributed by atoms with Crippen LogP contribution in [0.4, 0.5) is 4.39 Å². The molecule has 0 saturated carbocycles. The second kappa shape index (κ2) is 4.32.